The van der Waals surface area contributed by atoms with Gasteiger partial charge in [-0.2, -0.15) is 0 Å². The molecule has 1 aromatic carbocycles. The second-order valence-corrected chi connectivity index (χ2v) is 18.5. The van der Waals surface area contributed by atoms with Crippen molar-refractivity contribution in [1.82, 2.24) is 0 Å². The lowest BCUT2D eigenvalue weighted by molar-refractivity contribution is 0.405. The lowest BCUT2D eigenvalue weighted by atomic mass is 10.3. The number of hydrogen-bond donors (Lipinski definition) is 0. The predicted molar refractivity (Wildman–Crippen MR) is 87.0 cm³/mol. The van der Waals surface area contributed by atoms with Gasteiger partial charge in [0.25, 0.3) is 0 Å². The molecule has 0 atom stereocenters. The maximum Gasteiger partial charge on any atom is 0.122 e. The highest BCUT2D eigenvalue weighted by Crippen LogP contribution is 2.67. The molecule has 0 aliphatic heterocycles. The Morgan fingerprint density at radius 2 is 1.05 bits per heavy atom. The highest BCUT2D eigenvalue weighted by molar-refractivity contribution is 7.01. The second-order valence-electron chi connectivity index (χ2n) is 7.47. The van der Waals surface area contributed by atoms with Crippen LogP contribution in [0, 0.1) is 0 Å². The van der Waals surface area contributed by atoms with Gasteiger partial charge in [-0.25, -0.2) is 0 Å². The molecule has 0 saturated carbocycles. The third-order valence-corrected chi connectivity index (χ3v) is 14.5. The Morgan fingerprint density at radius 3 is 1.26 bits per heavy atom. The molecule has 1 aliphatic carbocycles. The molecular weight excluding hydrogens is 268 g/mol. The summed E-state index contributed by atoms with van der Waals surface area (Å²) in [5, 5.41) is 0. The summed E-state index contributed by atoms with van der Waals surface area (Å²) in [5.74, 6) is 2.11. The maximum absolute atomic E-state index is 5.63. The SMILES string of the molecule is COc1ccc(OC)c2c1C2([Si](C)(C)C)[Si](C)(C)C. The van der Waals surface area contributed by atoms with E-state index in [1.807, 2.05) is 0 Å². The molecule has 0 amide bonds. The van der Waals surface area contributed by atoms with Crippen molar-refractivity contribution in [1.29, 1.82) is 0 Å². The summed E-state index contributed by atoms with van der Waals surface area (Å²) in [5.41, 5.74) is 2.90. The first-order chi connectivity index (χ1) is 8.62. The Kier molecular flexibility index (Phi) is 3.18. The van der Waals surface area contributed by atoms with Crippen LogP contribution in [0.25, 0.3) is 0 Å². The molecule has 0 saturated heterocycles. The van der Waals surface area contributed by atoms with E-state index in [2.05, 4.69) is 51.4 Å². The van der Waals surface area contributed by atoms with Gasteiger partial charge < -0.3 is 9.47 Å². The number of hydrogen-bond acceptors (Lipinski definition) is 2. The Bertz CT molecular complexity index is 463. The highest BCUT2D eigenvalue weighted by atomic mass is 28.4. The Labute approximate surface area is 119 Å². The van der Waals surface area contributed by atoms with Crippen molar-refractivity contribution in [3.8, 4) is 11.5 Å². The van der Waals surface area contributed by atoms with Crippen LogP contribution in [0.1, 0.15) is 11.1 Å². The topological polar surface area (TPSA) is 18.5 Å². The van der Waals surface area contributed by atoms with Crippen molar-refractivity contribution in [2.45, 2.75) is 43.9 Å². The van der Waals surface area contributed by atoms with Gasteiger partial charge in [0.05, 0.1) is 30.4 Å². The average Bonchev–Trinajstić information content (AvgIpc) is 2.97. The molecular formula is C15H26O2Si2. The molecule has 106 valence electrons. The number of fused-ring (bicyclic) bond motifs is 1. The fourth-order valence-electron chi connectivity index (χ4n) is 4.18. The van der Waals surface area contributed by atoms with Crippen molar-refractivity contribution < 1.29 is 9.47 Å². The molecule has 0 radical (unpaired) electrons. The summed E-state index contributed by atoms with van der Waals surface area (Å²) in [6.07, 6.45) is 0. The van der Waals surface area contributed by atoms with Crippen LogP contribution in [0.3, 0.4) is 0 Å². The molecule has 0 unspecified atom stereocenters. The van der Waals surface area contributed by atoms with E-state index in [0.717, 1.165) is 11.5 Å². The molecule has 4 heteroatoms. The largest absolute Gasteiger partial charge is 0.496 e. The van der Waals surface area contributed by atoms with Crippen LogP contribution in [0.5, 0.6) is 11.5 Å². The zero-order chi connectivity index (χ0) is 14.6. The van der Waals surface area contributed by atoms with Crippen LogP contribution in [0.2, 0.25) is 39.3 Å². The summed E-state index contributed by atoms with van der Waals surface area (Å²) >= 11 is 0. The summed E-state index contributed by atoms with van der Waals surface area (Å²) in [7, 11) is 0.740. The third-order valence-electron chi connectivity index (χ3n) is 4.51. The first-order valence-corrected chi connectivity index (χ1v) is 13.9. The zero-order valence-corrected chi connectivity index (χ0v) is 15.5. The van der Waals surface area contributed by atoms with Crippen molar-refractivity contribution in [3.63, 3.8) is 0 Å². The minimum atomic E-state index is -1.41. The quantitative estimate of drug-likeness (QED) is 0.780. The third kappa shape index (κ3) is 1.72. The van der Waals surface area contributed by atoms with Gasteiger partial charge in [-0.3, -0.25) is 0 Å². The van der Waals surface area contributed by atoms with Gasteiger partial charge in [0.1, 0.15) is 11.5 Å². The van der Waals surface area contributed by atoms with Crippen LogP contribution in [-0.2, 0) is 4.66 Å². The van der Waals surface area contributed by atoms with E-state index in [0.29, 0.717) is 4.66 Å². The fraction of sp³-hybridized carbons (Fsp3) is 0.600. The van der Waals surface area contributed by atoms with Gasteiger partial charge in [-0.1, -0.05) is 39.3 Å². The normalized spacial score (nSPS) is 16.8. The molecule has 1 aromatic rings. The van der Waals surface area contributed by atoms with Crippen LogP contribution in [0.4, 0.5) is 0 Å². The summed E-state index contributed by atoms with van der Waals surface area (Å²) in [4.78, 5) is 0. The van der Waals surface area contributed by atoms with Gasteiger partial charge in [-0.05, 0) is 12.1 Å². The summed E-state index contributed by atoms with van der Waals surface area (Å²) in [6, 6.07) is 4.14. The van der Waals surface area contributed by atoms with Gasteiger partial charge in [0.2, 0.25) is 0 Å². The molecule has 0 spiro atoms. The average molecular weight is 295 g/mol. The molecule has 0 aromatic heterocycles. The van der Waals surface area contributed by atoms with Crippen molar-refractivity contribution in [3.05, 3.63) is 23.3 Å². The molecule has 2 rings (SSSR count). The predicted octanol–water partition coefficient (Wildman–Crippen LogP) is 4.06. The van der Waals surface area contributed by atoms with Gasteiger partial charge in [0.15, 0.2) is 0 Å². The van der Waals surface area contributed by atoms with Crippen molar-refractivity contribution >= 4 is 16.1 Å². The van der Waals surface area contributed by atoms with Crippen LogP contribution < -0.4 is 9.47 Å². The van der Waals surface area contributed by atoms with E-state index in [4.69, 9.17) is 9.47 Å². The van der Waals surface area contributed by atoms with E-state index in [1.165, 1.54) is 11.1 Å². The molecule has 19 heavy (non-hydrogen) atoms. The van der Waals surface area contributed by atoms with E-state index in [1.54, 1.807) is 14.2 Å². The van der Waals surface area contributed by atoms with Gasteiger partial charge in [-0.15, -0.1) is 0 Å². The molecule has 0 fully saturated rings. The first-order valence-electron chi connectivity index (χ1n) is 6.89. The molecule has 2 nitrogen and oxygen atoms in total. The van der Waals surface area contributed by atoms with E-state index >= 15 is 0 Å². The second kappa shape index (κ2) is 4.12. The minimum Gasteiger partial charge on any atom is -0.496 e. The van der Waals surface area contributed by atoms with E-state index in [9.17, 15) is 0 Å². The fourth-order valence-corrected chi connectivity index (χ4v) is 17.0. The molecule has 0 bridgehead atoms. The van der Waals surface area contributed by atoms with Crippen LogP contribution in [0.15, 0.2) is 12.1 Å². The van der Waals surface area contributed by atoms with Gasteiger partial charge >= 0.3 is 0 Å². The van der Waals surface area contributed by atoms with Gasteiger partial charge in [0, 0.05) is 15.8 Å². The summed E-state index contributed by atoms with van der Waals surface area (Å²) in [6.45, 7) is 14.9. The highest BCUT2D eigenvalue weighted by Gasteiger charge is 2.68. The monoisotopic (exact) mass is 294 g/mol. The van der Waals surface area contributed by atoms with Crippen molar-refractivity contribution in [2.24, 2.45) is 0 Å². The lowest BCUT2D eigenvalue weighted by Crippen LogP contribution is -2.55. The summed E-state index contributed by atoms with van der Waals surface area (Å²) < 4.78 is 11.6. The smallest absolute Gasteiger partial charge is 0.122 e. The lowest BCUT2D eigenvalue weighted by Gasteiger charge is -2.40. The number of methoxy groups -OCH3 is 2. The van der Waals surface area contributed by atoms with Crippen LogP contribution >= 0.6 is 0 Å². The maximum atomic E-state index is 5.63. The standard InChI is InChI=1S/C15H26O2Si2/c1-16-11-9-10-12(17-2)14-13(11)15(14,18(3,4)5)19(6,7)8/h9-10H,1-8H3. The molecule has 0 heterocycles. The number of ether oxygens (including phenoxy) is 2. The zero-order valence-electron chi connectivity index (χ0n) is 13.5. The number of benzene rings is 1. The van der Waals surface area contributed by atoms with E-state index in [-0.39, 0.29) is 0 Å². The molecule has 0 N–H and O–H groups in total. The minimum absolute atomic E-state index is 0.292. The Morgan fingerprint density at radius 1 is 0.737 bits per heavy atom. The van der Waals surface area contributed by atoms with Crippen molar-refractivity contribution in [2.75, 3.05) is 14.2 Å². The van der Waals surface area contributed by atoms with E-state index < -0.39 is 16.1 Å². The number of rotatable bonds is 4. The Hall–Kier alpha value is -0.746. The Balaban J connectivity index is 2.74. The first kappa shape index (κ1) is 14.7. The van der Waals surface area contributed by atoms with Crippen LogP contribution in [-0.4, -0.2) is 30.4 Å². The molecule has 1 aliphatic rings.